The van der Waals surface area contributed by atoms with Gasteiger partial charge in [0.2, 0.25) is 11.8 Å². The number of benzene rings is 1. The molecule has 6 heteroatoms. The topological polar surface area (TPSA) is 40.6 Å². The van der Waals surface area contributed by atoms with Gasteiger partial charge in [-0.1, -0.05) is 43.2 Å². The zero-order valence-electron chi connectivity index (χ0n) is 13.6. The van der Waals surface area contributed by atoms with E-state index >= 15 is 0 Å². The van der Waals surface area contributed by atoms with Gasteiger partial charge in [-0.25, -0.2) is 8.78 Å². The molecule has 0 N–H and O–H groups in total. The second-order valence-corrected chi connectivity index (χ2v) is 6.82. The molecule has 1 saturated carbocycles. The third-order valence-electron chi connectivity index (χ3n) is 5.04. The van der Waals surface area contributed by atoms with Crippen LogP contribution in [0.1, 0.15) is 37.7 Å². The summed E-state index contributed by atoms with van der Waals surface area (Å²) in [6.45, 7) is -0.229. The van der Waals surface area contributed by atoms with E-state index in [9.17, 15) is 18.4 Å². The summed E-state index contributed by atoms with van der Waals surface area (Å²) in [5.41, 5.74) is 0.327. The number of carbonyl (C=O) groups is 2. The molecule has 0 bridgehead atoms. The molecule has 1 aromatic rings. The maximum Gasteiger partial charge on any atom is 0.251 e. The summed E-state index contributed by atoms with van der Waals surface area (Å²) in [6.07, 6.45) is 1.11. The van der Waals surface area contributed by atoms with Gasteiger partial charge in [0.05, 0.1) is 18.6 Å². The summed E-state index contributed by atoms with van der Waals surface area (Å²) < 4.78 is 25.8. The average molecular weight is 336 g/mol. The lowest BCUT2D eigenvalue weighted by atomic mass is 9.85. The Labute approximate surface area is 140 Å². The Morgan fingerprint density at radius 1 is 1.12 bits per heavy atom. The van der Waals surface area contributed by atoms with Crippen molar-refractivity contribution in [2.24, 2.45) is 5.41 Å². The van der Waals surface area contributed by atoms with Crippen LogP contribution < -0.4 is 0 Å². The Morgan fingerprint density at radius 2 is 1.79 bits per heavy atom. The van der Waals surface area contributed by atoms with Crippen molar-refractivity contribution < 1.29 is 18.4 Å². The van der Waals surface area contributed by atoms with Gasteiger partial charge in [-0.05, 0) is 18.4 Å². The molecule has 3 rings (SSSR count). The predicted octanol–water partition coefficient (Wildman–Crippen LogP) is 3.03. The molecular weight excluding hydrogens is 314 g/mol. The summed E-state index contributed by atoms with van der Waals surface area (Å²) in [7, 11) is 0. The Balaban J connectivity index is 1.72. The highest BCUT2D eigenvalue weighted by Crippen LogP contribution is 2.46. The SMILES string of the molecule is O=C1CC2(CCCC2)C(=O)N1CN(Cc1ccccc1)CC(F)F. The second kappa shape index (κ2) is 6.97. The molecule has 24 heavy (non-hydrogen) atoms. The zero-order valence-corrected chi connectivity index (χ0v) is 13.6. The van der Waals surface area contributed by atoms with Crippen molar-refractivity contribution >= 4 is 11.8 Å². The van der Waals surface area contributed by atoms with Crippen LogP contribution in [0.25, 0.3) is 0 Å². The minimum atomic E-state index is -2.51. The monoisotopic (exact) mass is 336 g/mol. The predicted molar refractivity (Wildman–Crippen MR) is 85.1 cm³/mol. The largest absolute Gasteiger partial charge is 0.276 e. The van der Waals surface area contributed by atoms with Crippen LogP contribution in [0.5, 0.6) is 0 Å². The number of hydrogen-bond acceptors (Lipinski definition) is 3. The highest BCUT2D eigenvalue weighted by atomic mass is 19.3. The van der Waals surface area contributed by atoms with E-state index in [1.165, 1.54) is 9.80 Å². The molecular formula is C18H22F2N2O2. The van der Waals surface area contributed by atoms with E-state index in [1.807, 2.05) is 30.3 Å². The van der Waals surface area contributed by atoms with Crippen molar-refractivity contribution in [2.45, 2.75) is 45.1 Å². The molecule has 2 amide bonds. The van der Waals surface area contributed by atoms with Gasteiger partial charge in [0.1, 0.15) is 0 Å². The first-order chi connectivity index (χ1) is 11.5. The number of imide groups is 1. The molecule has 1 aliphatic heterocycles. The van der Waals surface area contributed by atoms with Gasteiger partial charge in [-0.15, -0.1) is 0 Å². The fraction of sp³-hybridized carbons (Fsp3) is 0.556. The number of carbonyl (C=O) groups excluding carboxylic acids is 2. The minimum absolute atomic E-state index is 0.0569. The highest BCUT2D eigenvalue weighted by Gasteiger charge is 2.52. The molecule has 2 aliphatic rings. The van der Waals surface area contributed by atoms with Crippen molar-refractivity contribution in [3.8, 4) is 0 Å². The third kappa shape index (κ3) is 3.48. The summed E-state index contributed by atoms with van der Waals surface area (Å²) in [4.78, 5) is 27.7. The van der Waals surface area contributed by atoms with E-state index in [4.69, 9.17) is 0 Å². The molecule has 2 fully saturated rings. The molecule has 0 unspecified atom stereocenters. The van der Waals surface area contributed by atoms with Crippen molar-refractivity contribution in [2.75, 3.05) is 13.2 Å². The van der Waals surface area contributed by atoms with Gasteiger partial charge < -0.3 is 0 Å². The molecule has 130 valence electrons. The number of likely N-dealkylation sites (tertiary alicyclic amines) is 1. The standard InChI is InChI=1S/C18H22F2N2O2/c19-15(20)12-21(11-14-6-2-1-3-7-14)13-22-16(23)10-18(17(22)24)8-4-5-9-18/h1-3,6-7,15H,4-5,8-13H2. The number of hydrogen-bond donors (Lipinski definition) is 0. The van der Waals surface area contributed by atoms with Crippen LogP contribution in [0.2, 0.25) is 0 Å². The van der Waals surface area contributed by atoms with Crippen LogP contribution in [0, 0.1) is 5.41 Å². The van der Waals surface area contributed by atoms with Gasteiger partial charge >= 0.3 is 0 Å². The lowest BCUT2D eigenvalue weighted by Gasteiger charge is -2.28. The van der Waals surface area contributed by atoms with Gasteiger partial charge in [0.25, 0.3) is 6.43 Å². The molecule has 0 atom stereocenters. The Kier molecular flexibility index (Phi) is 4.94. The Bertz CT molecular complexity index is 600. The molecule has 1 heterocycles. The number of rotatable bonds is 6. The maximum atomic E-state index is 12.9. The Morgan fingerprint density at radius 3 is 2.42 bits per heavy atom. The molecule has 0 aromatic heterocycles. The minimum Gasteiger partial charge on any atom is -0.276 e. The molecule has 1 aromatic carbocycles. The molecule has 1 aliphatic carbocycles. The third-order valence-corrected chi connectivity index (χ3v) is 5.04. The van der Waals surface area contributed by atoms with Gasteiger partial charge in [0.15, 0.2) is 0 Å². The van der Waals surface area contributed by atoms with Crippen LogP contribution in [0.4, 0.5) is 8.78 Å². The highest BCUT2D eigenvalue weighted by molar-refractivity contribution is 6.06. The average Bonchev–Trinajstić information content (AvgIpc) is 3.09. The van der Waals surface area contributed by atoms with Crippen molar-refractivity contribution in [3.05, 3.63) is 35.9 Å². The quantitative estimate of drug-likeness (QED) is 0.750. The Hall–Kier alpha value is -1.82. The van der Waals surface area contributed by atoms with Crippen LogP contribution >= 0.6 is 0 Å². The lowest BCUT2D eigenvalue weighted by Crippen LogP contribution is -2.44. The summed E-state index contributed by atoms with van der Waals surface area (Å²) >= 11 is 0. The zero-order chi connectivity index (χ0) is 17.2. The summed E-state index contributed by atoms with van der Waals surface area (Å²) in [6, 6.07) is 9.25. The molecule has 1 spiro atoms. The molecule has 0 radical (unpaired) electrons. The van der Waals surface area contributed by atoms with E-state index in [0.717, 1.165) is 31.2 Å². The van der Waals surface area contributed by atoms with Crippen LogP contribution in [-0.4, -0.2) is 41.3 Å². The fourth-order valence-corrected chi connectivity index (χ4v) is 3.85. The first-order valence-corrected chi connectivity index (χ1v) is 8.39. The molecule has 4 nitrogen and oxygen atoms in total. The van der Waals surface area contributed by atoms with Crippen molar-refractivity contribution in [1.82, 2.24) is 9.80 Å². The van der Waals surface area contributed by atoms with E-state index in [1.54, 1.807) is 0 Å². The van der Waals surface area contributed by atoms with E-state index in [2.05, 4.69) is 0 Å². The first-order valence-electron chi connectivity index (χ1n) is 8.39. The van der Waals surface area contributed by atoms with E-state index in [0.29, 0.717) is 0 Å². The van der Waals surface area contributed by atoms with Crippen molar-refractivity contribution in [1.29, 1.82) is 0 Å². The van der Waals surface area contributed by atoms with Crippen LogP contribution in [0.15, 0.2) is 30.3 Å². The summed E-state index contributed by atoms with van der Waals surface area (Å²) in [5.74, 6) is -0.397. The fourth-order valence-electron chi connectivity index (χ4n) is 3.85. The second-order valence-electron chi connectivity index (χ2n) is 6.82. The molecule has 1 saturated heterocycles. The van der Waals surface area contributed by atoms with Gasteiger partial charge in [-0.3, -0.25) is 19.4 Å². The first kappa shape index (κ1) is 17.0. The van der Waals surface area contributed by atoms with Gasteiger partial charge in [-0.2, -0.15) is 0 Å². The normalized spacial score (nSPS) is 20.1. The number of nitrogens with zero attached hydrogens (tertiary/aromatic N) is 2. The van der Waals surface area contributed by atoms with E-state index in [-0.39, 0.29) is 31.4 Å². The summed E-state index contributed by atoms with van der Waals surface area (Å²) in [5, 5.41) is 0. The van der Waals surface area contributed by atoms with E-state index < -0.39 is 18.4 Å². The number of amides is 2. The maximum absolute atomic E-state index is 12.9. The van der Waals surface area contributed by atoms with Gasteiger partial charge in [0, 0.05) is 13.0 Å². The van der Waals surface area contributed by atoms with Crippen molar-refractivity contribution in [3.63, 3.8) is 0 Å². The van der Waals surface area contributed by atoms with Crippen LogP contribution in [-0.2, 0) is 16.1 Å². The lowest BCUT2D eigenvalue weighted by molar-refractivity contribution is -0.144. The smallest absolute Gasteiger partial charge is 0.251 e. The number of alkyl halides is 2. The number of halogens is 2. The van der Waals surface area contributed by atoms with Crippen LogP contribution in [0.3, 0.4) is 0 Å².